The van der Waals surface area contributed by atoms with E-state index in [0.717, 1.165) is 5.57 Å². The van der Waals surface area contributed by atoms with Crippen LogP contribution < -0.4 is 0 Å². The lowest BCUT2D eigenvalue weighted by Crippen LogP contribution is -2.59. The molecule has 4 nitrogen and oxygen atoms in total. The molecule has 0 radical (unpaired) electrons. The quantitative estimate of drug-likeness (QED) is 0.606. The summed E-state index contributed by atoms with van der Waals surface area (Å²) in [6, 6.07) is 0. The summed E-state index contributed by atoms with van der Waals surface area (Å²) in [5.41, 5.74) is -0.00386. The summed E-state index contributed by atoms with van der Waals surface area (Å²) in [6.45, 7) is 9.54. The topological polar surface area (TPSA) is 66.8 Å². The van der Waals surface area contributed by atoms with Crippen LogP contribution >= 0.6 is 0 Å². The van der Waals surface area contributed by atoms with Gasteiger partial charge in [-0.3, -0.25) is 4.79 Å². The summed E-state index contributed by atoms with van der Waals surface area (Å²) >= 11 is 0. The fraction of sp³-hybridized carbons (Fsp3) is 0.824. The first-order chi connectivity index (χ1) is 9.66. The molecular weight excluding hydrogens is 268 g/mol. The molecular formula is C17H28O4. The minimum atomic E-state index is -0.912. The highest BCUT2D eigenvalue weighted by molar-refractivity contribution is 5.66. The monoisotopic (exact) mass is 296 g/mol. The number of aliphatic hydroxyl groups excluding tert-OH is 1. The number of fused-ring (bicyclic) bond motifs is 1. The van der Waals surface area contributed by atoms with Crippen LogP contribution in [0.4, 0.5) is 0 Å². The third-order valence-corrected chi connectivity index (χ3v) is 5.44. The number of rotatable bonds is 2. The van der Waals surface area contributed by atoms with Gasteiger partial charge in [-0.1, -0.05) is 26.8 Å². The van der Waals surface area contributed by atoms with Gasteiger partial charge in [0.1, 0.15) is 6.10 Å². The first-order valence-electron chi connectivity index (χ1n) is 7.92. The SMILES string of the molecule is CC(=O)OC1CC(C)C2(O)C[C@@H](O)C(C)=CC2C1C(C)C. The second-order valence-corrected chi connectivity index (χ2v) is 7.25. The predicted molar refractivity (Wildman–Crippen MR) is 80.5 cm³/mol. The number of ether oxygens (including phenoxy) is 1. The molecule has 0 heterocycles. The number of aliphatic hydroxyl groups is 2. The molecule has 4 heteroatoms. The van der Waals surface area contributed by atoms with Gasteiger partial charge in [0.2, 0.25) is 0 Å². The van der Waals surface area contributed by atoms with E-state index in [4.69, 9.17) is 4.74 Å². The van der Waals surface area contributed by atoms with Gasteiger partial charge in [-0.25, -0.2) is 0 Å². The Hall–Kier alpha value is -0.870. The summed E-state index contributed by atoms with van der Waals surface area (Å²) in [5, 5.41) is 21.3. The molecule has 0 aromatic rings. The molecule has 2 aliphatic rings. The summed E-state index contributed by atoms with van der Waals surface area (Å²) in [4.78, 5) is 11.4. The smallest absolute Gasteiger partial charge is 0.302 e. The number of hydrogen-bond acceptors (Lipinski definition) is 4. The molecule has 6 atom stereocenters. The normalized spacial score (nSPS) is 43.2. The number of hydrogen-bond donors (Lipinski definition) is 2. The van der Waals surface area contributed by atoms with E-state index in [-0.39, 0.29) is 35.7 Å². The van der Waals surface area contributed by atoms with Crippen molar-refractivity contribution in [2.45, 2.75) is 65.3 Å². The van der Waals surface area contributed by atoms with Gasteiger partial charge in [0, 0.05) is 25.2 Å². The van der Waals surface area contributed by atoms with Crippen molar-refractivity contribution in [3.05, 3.63) is 11.6 Å². The van der Waals surface area contributed by atoms with Gasteiger partial charge < -0.3 is 14.9 Å². The zero-order valence-electron chi connectivity index (χ0n) is 13.7. The first-order valence-corrected chi connectivity index (χ1v) is 7.92. The molecule has 120 valence electrons. The third kappa shape index (κ3) is 2.88. The molecule has 0 spiro atoms. The van der Waals surface area contributed by atoms with Crippen LogP contribution in [0, 0.1) is 23.7 Å². The molecule has 21 heavy (non-hydrogen) atoms. The highest BCUT2D eigenvalue weighted by Crippen LogP contribution is 2.51. The second kappa shape index (κ2) is 5.73. The molecule has 1 fully saturated rings. The highest BCUT2D eigenvalue weighted by atomic mass is 16.5. The van der Waals surface area contributed by atoms with Gasteiger partial charge in [0.15, 0.2) is 0 Å². The highest BCUT2D eigenvalue weighted by Gasteiger charge is 2.55. The van der Waals surface area contributed by atoms with E-state index in [2.05, 4.69) is 13.8 Å². The van der Waals surface area contributed by atoms with Gasteiger partial charge >= 0.3 is 5.97 Å². The van der Waals surface area contributed by atoms with Crippen molar-refractivity contribution < 1.29 is 19.7 Å². The molecule has 0 amide bonds. The van der Waals surface area contributed by atoms with E-state index < -0.39 is 11.7 Å². The zero-order chi connectivity index (χ0) is 15.9. The van der Waals surface area contributed by atoms with E-state index in [1.807, 2.05) is 19.9 Å². The Morgan fingerprint density at radius 2 is 2.10 bits per heavy atom. The minimum absolute atomic E-state index is 0.0131. The Morgan fingerprint density at radius 3 is 2.62 bits per heavy atom. The van der Waals surface area contributed by atoms with Crippen molar-refractivity contribution in [2.24, 2.45) is 23.7 Å². The first kappa shape index (κ1) is 16.5. The van der Waals surface area contributed by atoms with Crippen molar-refractivity contribution in [3.8, 4) is 0 Å². The van der Waals surface area contributed by atoms with Crippen LogP contribution in [0.25, 0.3) is 0 Å². The van der Waals surface area contributed by atoms with Crippen LogP contribution in [-0.4, -0.2) is 34.0 Å². The van der Waals surface area contributed by atoms with E-state index in [1.54, 1.807) is 0 Å². The molecule has 1 saturated carbocycles. The van der Waals surface area contributed by atoms with Crippen molar-refractivity contribution >= 4 is 5.97 Å². The van der Waals surface area contributed by atoms with E-state index in [1.165, 1.54) is 6.92 Å². The number of carbonyl (C=O) groups is 1. The Bertz CT molecular complexity index is 442. The van der Waals surface area contributed by atoms with Gasteiger partial charge in [-0.15, -0.1) is 0 Å². The van der Waals surface area contributed by atoms with Gasteiger partial charge in [0.25, 0.3) is 0 Å². The summed E-state index contributed by atoms with van der Waals surface area (Å²) in [7, 11) is 0. The van der Waals surface area contributed by atoms with Crippen molar-refractivity contribution in [1.29, 1.82) is 0 Å². The van der Waals surface area contributed by atoms with Crippen LogP contribution in [0.5, 0.6) is 0 Å². The lowest BCUT2D eigenvalue weighted by molar-refractivity contribution is -0.184. The average molecular weight is 296 g/mol. The van der Waals surface area contributed by atoms with Crippen molar-refractivity contribution in [3.63, 3.8) is 0 Å². The number of carbonyl (C=O) groups excluding carboxylic acids is 1. The van der Waals surface area contributed by atoms with Crippen molar-refractivity contribution in [2.75, 3.05) is 0 Å². The van der Waals surface area contributed by atoms with Gasteiger partial charge in [0.05, 0.1) is 11.7 Å². The minimum Gasteiger partial charge on any atom is -0.462 e. The van der Waals surface area contributed by atoms with Gasteiger partial charge in [-0.05, 0) is 30.8 Å². The summed E-state index contributed by atoms with van der Waals surface area (Å²) in [6.07, 6.45) is 2.28. The maximum absolute atomic E-state index is 11.4. The molecule has 0 aliphatic heterocycles. The standard InChI is InChI=1S/C17H28O4/c1-9(2)16-13-6-10(3)14(19)8-17(13,20)11(4)7-15(16)21-12(5)18/h6,9,11,13-16,19-20H,7-8H2,1-5H3/t11?,13?,14-,15?,16?,17?/m1/s1. The fourth-order valence-corrected chi connectivity index (χ4v) is 4.24. The summed E-state index contributed by atoms with van der Waals surface area (Å²) < 4.78 is 5.55. The maximum atomic E-state index is 11.4. The van der Waals surface area contributed by atoms with Gasteiger partial charge in [-0.2, -0.15) is 0 Å². The van der Waals surface area contributed by atoms with E-state index in [0.29, 0.717) is 12.8 Å². The predicted octanol–water partition coefficient (Wildman–Crippen LogP) is 2.29. The van der Waals surface area contributed by atoms with Crippen LogP contribution in [0.15, 0.2) is 11.6 Å². The van der Waals surface area contributed by atoms with Crippen molar-refractivity contribution in [1.82, 2.24) is 0 Å². The number of esters is 1. The lowest BCUT2D eigenvalue weighted by atomic mass is 9.56. The van der Waals surface area contributed by atoms with Crippen LogP contribution in [0.2, 0.25) is 0 Å². The Kier molecular flexibility index (Phi) is 4.50. The lowest BCUT2D eigenvalue weighted by Gasteiger charge is -2.54. The molecule has 2 aliphatic carbocycles. The molecule has 0 aromatic carbocycles. The van der Waals surface area contributed by atoms with E-state index >= 15 is 0 Å². The molecule has 5 unspecified atom stereocenters. The molecule has 2 N–H and O–H groups in total. The molecule has 0 bridgehead atoms. The molecule has 0 saturated heterocycles. The zero-order valence-corrected chi connectivity index (χ0v) is 13.7. The van der Waals surface area contributed by atoms with Crippen LogP contribution in [0.3, 0.4) is 0 Å². The fourth-order valence-electron chi connectivity index (χ4n) is 4.24. The van der Waals surface area contributed by atoms with Crippen LogP contribution in [-0.2, 0) is 9.53 Å². The average Bonchev–Trinajstić information content (AvgIpc) is 2.33. The van der Waals surface area contributed by atoms with Crippen LogP contribution in [0.1, 0.15) is 47.5 Å². The third-order valence-electron chi connectivity index (χ3n) is 5.44. The molecule has 0 aromatic heterocycles. The largest absolute Gasteiger partial charge is 0.462 e. The Labute approximate surface area is 127 Å². The second-order valence-electron chi connectivity index (χ2n) is 7.25. The Morgan fingerprint density at radius 1 is 1.48 bits per heavy atom. The Balaban J connectivity index is 2.41. The summed E-state index contributed by atoms with van der Waals surface area (Å²) in [5.74, 6) is 0.0184. The van der Waals surface area contributed by atoms with E-state index in [9.17, 15) is 15.0 Å². The maximum Gasteiger partial charge on any atom is 0.302 e. The molecule has 2 rings (SSSR count).